The Morgan fingerprint density at radius 3 is 2.75 bits per heavy atom. The molecule has 1 atom stereocenters. The summed E-state index contributed by atoms with van der Waals surface area (Å²) in [6, 6.07) is 8.50. The van der Waals surface area contributed by atoms with Crippen LogP contribution in [0.15, 0.2) is 24.3 Å². The molecule has 2 N–H and O–H groups in total. The first-order valence-electron chi connectivity index (χ1n) is 7.52. The van der Waals surface area contributed by atoms with Gasteiger partial charge in [0.1, 0.15) is 9.84 Å². The highest BCUT2D eigenvalue weighted by molar-refractivity contribution is 7.91. The summed E-state index contributed by atoms with van der Waals surface area (Å²) in [6.07, 6.45) is 4.92. The van der Waals surface area contributed by atoms with Crippen LogP contribution in [0.5, 0.6) is 0 Å². The second kappa shape index (κ2) is 6.27. The van der Waals surface area contributed by atoms with Crippen LogP contribution in [0.1, 0.15) is 43.7 Å². The molecular formula is C16H25NO2S. The van der Waals surface area contributed by atoms with E-state index in [9.17, 15) is 8.42 Å². The van der Waals surface area contributed by atoms with Gasteiger partial charge in [-0.05, 0) is 43.2 Å². The molecular weight excluding hydrogens is 270 g/mol. The molecule has 20 heavy (non-hydrogen) atoms. The van der Waals surface area contributed by atoms with Gasteiger partial charge in [-0.3, -0.25) is 0 Å². The number of fused-ring (bicyclic) bond motifs is 1. The first kappa shape index (κ1) is 15.5. The van der Waals surface area contributed by atoms with Crippen LogP contribution in [0.25, 0.3) is 0 Å². The normalized spacial score (nSPS) is 22.5. The lowest BCUT2D eigenvalue weighted by atomic mass is 9.67. The minimum absolute atomic E-state index is 0.0158. The van der Waals surface area contributed by atoms with E-state index in [2.05, 4.69) is 24.3 Å². The van der Waals surface area contributed by atoms with E-state index in [0.29, 0.717) is 13.0 Å². The third-order valence-electron chi connectivity index (χ3n) is 4.63. The van der Waals surface area contributed by atoms with Crippen molar-refractivity contribution in [2.45, 2.75) is 44.4 Å². The fraction of sp³-hybridized carbons (Fsp3) is 0.625. The number of benzene rings is 1. The van der Waals surface area contributed by atoms with Crippen LogP contribution in [0.2, 0.25) is 0 Å². The van der Waals surface area contributed by atoms with Crippen molar-refractivity contribution in [1.82, 2.24) is 0 Å². The summed E-state index contributed by atoms with van der Waals surface area (Å²) in [5.41, 5.74) is 8.81. The van der Waals surface area contributed by atoms with Gasteiger partial charge in [-0.15, -0.1) is 0 Å². The van der Waals surface area contributed by atoms with Gasteiger partial charge in [0.2, 0.25) is 0 Å². The molecule has 0 bridgehead atoms. The molecule has 0 fully saturated rings. The minimum atomic E-state index is -2.87. The lowest BCUT2D eigenvalue weighted by Gasteiger charge is -2.38. The highest BCUT2D eigenvalue weighted by Crippen LogP contribution is 2.40. The Bertz CT molecular complexity index is 553. The van der Waals surface area contributed by atoms with Gasteiger partial charge in [0.25, 0.3) is 0 Å². The predicted octanol–water partition coefficient (Wildman–Crippen LogP) is 2.43. The molecule has 1 unspecified atom stereocenters. The van der Waals surface area contributed by atoms with E-state index in [-0.39, 0.29) is 16.9 Å². The molecule has 0 aromatic heterocycles. The topological polar surface area (TPSA) is 60.2 Å². The predicted molar refractivity (Wildman–Crippen MR) is 83.7 cm³/mol. The molecule has 0 aliphatic heterocycles. The number of nitrogens with two attached hydrogens (primary N) is 1. The average molecular weight is 295 g/mol. The standard InChI is InChI=1S/C16H25NO2S/c1-2-20(18,19)12-6-11-16(13-17)10-5-8-14-7-3-4-9-15(14)16/h3-4,7,9H,2,5-6,8,10-13,17H2,1H3. The largest absolute Gasteiger partial charge is 0.330 e. The van der Waals surface area contributed by atoms with Gasteiger partial charge in [0.05, 0.1) is 5.75 Å². The summed E-state index contributed by atoms with van der Waals surface area (Å²) in [6.45, 7) is 2.32. The molecule has 1 aliphatic carbocycles. The van der Waals surface area contributed by atoms with E-state index >= 15 is 0 Å². The lowest BCUT2D eigenvalue weighted by molar-refractivity contribution is 0.340. The summed E-state index contributed by atoms with van der Waals surface area (Å²) in [5.74, 6) is 0.520. The van der Waals surface area contributed by atoms with Crippen LogP contribution in [0.4, 0.5) is 0 Å². The molecule has 112 valence electrons. The second-order valence-corrected chi connectivity index (χ2v) is 8.31. The van der Waals surface area contributed by atoms with Crippen molar-refractivity contribution in [3.63, 3.8) is 0 Å². The van der Waals surface area contributed by atoms with E-state index in [1.54, 1.807) is 6.92 Å². The maximum Gasteiger partial charge on any atom is 0.150 e. The third kappa shape index (κ3) is 3.23. The number of hydrogen-bond donors (Lipinski definition) is 1. The van der Waals surface area contributed by atoms with Crippen molar-refractivity contribution < 1.29 is 8.42 Å². The molecule has 2 rings (SSSR count). The van der Waals surface area contributed by atoms with Crippen LogP contribution < -0.4 is 5.73 Å². The smallest absolute Gasteiger partial charge is 0.150 e. The zero-order valence-corrected chi connectivity index (χ0v) is 13.1. The summed E-state index contributed by atoms with van der Waals surface area (Å²) >= 11 is 0. The minimum Gasteiger partial charge on any atom is -0.330 e. The maximum absolute atomic E-state index is 11.6. The highest BCUT2D eigenvalue weighted by Gasteiger charge is 2.34. The van der Waals surface area contributed by atoms with Gasteiger partial charge in [-0.2, -0.15) is 0 Å². The molecule has 1 aromatic rings. The molecule has 0 saturated heterocycles. The molecule has 0 heterocycles. The lowest BCUT2D eigenvalue weighted by Crippen LogP contribution is -2.38. The Labute approximate surface area is 122 Å². The van der Waals surface area contributed by atoms with E-state index in [4.69, 9.17) is 5.73 Å². The number of aryl methyl sites for hydroxylation is 1. The number of hydrogen-bond acceptors (Lipinski definition) is 3. The van der Waals surface area contributed by atoms with E-state index in [1.165, 1.54) is 11.1 Å². The van der Waals surface area contributed by atoms with Gasteiger partial charge in [0.15, 0.2) is 0 Å². The molecule has 3 nitrogen and oxygen atoms in total. The zero-order chi connectivity index (χ0) is 14.6. The quantitative estimate of drug-likeness (QED) is 0.877. The molecule has 0 radical (unpaired) electrons. The first-order valence-corrected chi connectivity index (χ1v) is 9.34. The molecule has 0 spiro atoms. The van der Waals surface area contributed by atoms with Crippen LogP contribution in [0, 0.1) is 0 Å². The Morgan fingerprint density at radius 2 is 2.05 bits per heavy atom. The Kier molecular flexibility index (Phi) is 4.86. The van der Waals surface area contributed by atoms with E-state index in [1.807, 2.05) is 0 Å². The number of rotatable bonds is 6. The van der Waals surface area contributed by atoms with Crippen LogP contribution in [0.3, 0.4) is 0 Å². The third-order valence-corrected chi connectivity index (χ3v) is 6.42. The number of sulfone groups is 1. The van der Waals surface area contributed by atoms with Crippen molar-refractivity contribution in [3.05, 3.63) is 35.4 Å². The Morgan fingerprint density at radius 1 is 1.30 bits per heavy atom. The van der Waals surface area contributed by atoms with Crippen LogP contribution in [-0.4, -0.2) is 26.5 Å². The van der Waals surface area contributed by atoms with Crippen molar-refractivity contribution in [3.8, 4) is 0 Å². The van der Waals surface area contributed by atoms with E-state index < -0.39 is 9.84 Å². The van der Waals surface area contributed by atoms with Gasteiger partial charge < -0.3 is 5.73 Å². The fourth-order valence-corrected chi connectivity index (χ4v) is 4.23. The monoisotopic (exact) mass is 295 g/mol. The average Bonchev–Trinajstić information content (AvgIpc) is 2.47. The molecule has 0 saturated carbocycles. The van der Waals surface area contributed by atoms with Crippen molar-refractivity contribution in [1.29, 1.82) is 0 Å². The molecule has 4 heteroatoms. The summed E-state index contributed by atoms with van der Waals surface area (Å²) in [5, 5.41) is 0. The summed E-state index contributed by atoms with van der Waals surface area (Å²) in [4.78, 5) is 0. The summed E-state index contributed by atoms with van der Waals surface area (Å²) < 4.78 is 23.3. The zero-order valence-electron chi connectivity index (χ0n) is 12.3. The molecule has 1 aromatic carbocycles. The van der Waals surface area contributed by atoms with Crippen molar-refractivity contribution in [2.24, 2.45) is 5.73 Å². The van der Waals surface area contributed by atoms with Gasteiger partial charge in [-0.1, -0.05) is 31.2 Å². The van der Waals surface area contributed by atoms with Gasteiger partial charge >= 0.3 is 0 Å². The molecule has 0 amide bonds. The first-order chi connectivity index (χ1) is 9.53. The van der Waals surface area contributed by atoms with Crippen molar-refractivity contribution in [2.75, 3.05) is 18.1 Å². The highest BCUT2D eigenvalue weighted by atomic mass is 32.2. The molecule has 1 aliphatic rings. The Hall–Kier alpha value is -0.870. The maximum atomic E-state index is 11.6. The van der Waals surface area contributed by atoms with Crippen LogP contribution >= 0.6 is 0 Å². The van der Waals surface area contributed by atoms with Crippen molar-refractivity contribution >= 4 is 9.84 Å². The van der Waals surface area contributed by atoms with Gasteiger partial charge in [-0.25, -0.2) is 8.42 Å². The second-order valence-electron chi connectivity index (χ2n) is 5.84. The van der Waals surface area contributed by atoms with E-state index in [0.717, 1.165) is 25.7 Å². The van der Waals surface area contributed by atoms with Crippen LogP contribution in [-0.2, 0) is 21.7 Å². The summed E-state index contributed by atoms with van der Waals surface area (Å²) in [7, 11) is -2.87. The fourth-order valence-electron chi connectivity index (χ4n) is 3.36. The Balaban J connectivity index is 2.15. The SMILES string of the molecule is CCS(=O)(=O)CCCC1(CN)CCCc2ccccc21. The van der Waals surface area contributed by atoms with Gasteiger partial charge in [0, 0.05) is 17.7 Å².